The van der Waals surface area contributed by atoms with Crippen LogP contribution in [0.3, 0.4) is 0 Å². The van der Waals surface area contributed by atoms with E-state index < -0.39 is 0 Å². The summed E-state index contributed by atoms with van der Waals surface area (Å²) in [5.41, 5.74) is 3.50. The van der Waals surface area contributed by atoms with Crippen molar-refractivity contribution in [2.45, 2.75) is 33.1 Å². The van der Waals surface area contributed by atoms with Crippen LogP contribution in [0.2, 0.25) is 5.02 Å². The van der Waals surface area contributed by atoms with Gasteiger partial charge in [-0.25, -0.2) is 0 Å². The Morgan fingerprint density at radius 2 is 1.88 bits per heavy atom. The molecule has 82 valence electrons. The first-order valence-electron chi connectivity index (χ1n) is 5.29. The minimum atomic E-state index is 0.345. The van der Waals surface area contributed by atoms with Gasteiger partial charge < -0.3 is 0 Å². The second-order valence-corrected chi connectivity index (χ2v) is 3.91. The monoisotopic (exact) mass is 232 g/mol. The molecule has 0 saturated carbocycles. The van der Waals surface area contributed by atoms with E-state index >= 15 is 0 Å². The van der Waals surface area contributed by atoms with E-state index in [0.717, 1.165) is 29.5 Å². The van der Waals surface area contributed by atoms with E-state index in [4.69, 9.17) is 22.1 Å². The van der Waals surface area contributed by atoms with Crippen LogP contribution >= 0.6 is 11.6 Å². The van der Waals surface area contributed by atoms with Crippen LogP contribution in [-0.4, -0.2) is 0 Å². The Labute approximate surface area is 101 Å². The Morgan fingerprint density at radius 1 is 1.19 bits per heavy atom. The van der Waals surface area contributed by atoms with E-state index in [1.165, 1.54) is 0 Å². The first-order valence-corrected chi connectivity index (χ1v) is 5.67. The quantitative estimate of drug-likeness (QED) is 0.802. The molecule has 0 N–H and O–H groups in total. The summed E-state index contributed by atoms with van der Waals surface area (Å²) in [6.07, 6.45) is 1.90. The van der Waals surface area contributed by atoms with Crippen LogP contribution in [0, 0.1) is 22.7 Å². The fourth-order valence-corrected chi connectivity index (χ4v) is 2.21. The highest BCUT2D eigenvalue weighted by Crippen LogP contribution is 2.28. The largest absolute Gasteiger partial charge is 0.198 e. The average molecular weight is 233 g/mol. The van der Waals surface area contributed by atoms with E-state index in [1.807, 2.05) is 19.9 Å². The molecule has 0 aliphatic rings. The molecule has 0 aliphatic heterocycles. The van der Waals surface area contributed by atoms with Gasteiger partial charge in [0.2, 0.25) is 0 Å². The normalized spacial score (nSPS) is 9.56. The predicted octanol–water partition coefficient (Wildman–Crippen LogP) is 3.40. The molecule has 0 radical (unpaired) electrons. The third kappa shape index (κ3) is 2.18. The molecule has 2 nitrogen and oxygen atoms in total. The lowest BCUT2D eigenvalue weighted by molar-refractivity contribution is 1.01. The Balaban J connectivity index is 3.55. The smallest absolute Gasteiger partial charge is 0.101 e. The topological polar surface area (TPSA) is 47.6 Å². The maximum atomic E-state index is 9.07. The summed E-state index contributed by atoms with van der Waals surface area (Å²) in [5, 5.41) is 18.4. The summed E-state index contributed by atoms with van der Waals surface area (Å²) < 4.78 is 0. The van der Waals surface area contributed by atoms with Crippen LogP contribution in [0.25, 0.3) is 0 Å². The highest BCUT2D eigenvalue weighted by atomic mass is 35.5. The second-order valence-electron chi connectivity index (χ2n) is 3.50. The average Bonchev–Trinajstić information content (AvgIpc) is 2.30. The molecule has 1 aromatic carbocycles. The Kier molecular flexibility index (Phi) is 4.35. The summed E-state index contributed by atoms with van der Waals surface area (Å²) in [4.78, 5) is 0. The minimum Gasteiger partial charge on any atom is -0.198 e. The van der Waals surface area contributed by atoms with Gasteiger partial charge in [-0.1, -0.05) is 25.4 Å². The zero-order valence-corrected chi connectivity index (χ0v) is 10.2. The number of benzene rings is 1. The van der Waals surface area contributed by atoms with Crippen molar-refractivity contribution >= 4 is 11.6 Å². The van der Waals surface area contributed by atoms with Crippen molar-refractivity contribution < 1.29 is 0 Å². The van der Waals surface area contributed by atoms with Crippen molar-refractivity contribution in [3.8, 4) is 12.1 Å². The van der Waals surface area contributed by atoms with Crippen LogP contribution in [0.5, 0.6) is 0 Å². The summed E-state index contributed by atoms with van der Waals surface area (Å²) in [5.74, 6) is 0. The number of aryl methyl sites for hydroxylation is 1. The van der Waals surface area contributed by atoms with Crippen LogP contribution in [0.4, 0.5) is 0 Å². The first kappa shape index (κ1) is 12.6. The molecule has 0 amide bonds. The van der Waals surface area contributed by atoms with Gasteiger partial charge in [-0.05, 0) is 35.6 Å². The number of nitrogens with zero attached hydrogens (tertiary/aromatic N) is 2. The van der Waals surface area contributed by atoms with Gasteiger partial charge in [-0.3, -0.25) is 0 Å². The lowest BCUT2D eigenvalue weighted by Crippen LogP contribution is -2.02. The summed E-state index contributed by atoms with van der Waals surface area (Å²) >= 11 is 6.06. The van der Waals surface area contributed by atoms with Crippen LogP contribution < -0.4 is 0 Å². The van der Waals surface area contributed by atoms with Crippen molar-refractivity contribution in [3.05, 3.63) is 33.3 Å². The minimum absolute atomic E-state index is 0.345. The number of rotatable bonds is 3. The number of nitriles is 2. The molecule has 0 aliphatic carbocycles. The van der Waals surface area contributed by atoms with Crippen molar-refractivity contribution in [3.63, 3.8) is 0 Å². The van der Waals surface area contributed by atoms with Crippen LogP contribution in [-0.2, 0) is 19.3 Å². The molecule has 0 fully saturated rings. The molecule has 1 rings (SSSR count). The Morgan fingerprint density at radius 3 is 2.31 bits per heavy atom. The fraction of sp³-hybridized carbons (Fsp3) is 0.385. The van der Waals surface area contributed by atoms with Gasteiger partial charge >= 0.3 is 0 Å². The van der Waals surface area contributed by atoms with Gasteiger partial charge in [0.15, 0.2) is 0 Å². The molecule has 0 aromatic heterocycles. The number of hydrogen-bond donors (Lipinski definition) is 0. The molecule has 0 spiro atoms. The molecule has 3 heteroatoms. The molecular formula is C13H13ClN2. The first-order chi connectivity index (χ1) is 7.69. The molecule has 0 heterocycles. The van der Waals surface area contributed by atoms with E-state index in [9.17, 15) is 0 Å². The van der Waals surface area contributed by atoms with E-state index in [0.29, 0.717) is 17.0 Å². The van der Waals surface area contributed by atoms with E-state index in [-0.39, 0.29) is 0 Å². The van der Waals surface area contributed by atoms with Crippen molar-refractivity contribution in [2.75, 3.05) is 0 Å². The van der Waals surface area contributed by atoms with Crippen molar-refractivity contribution in [1.29, 1.82) is 10.5 Å². The lowest BCUT2D eigenvalue weighted by atomic mass is 9.91. The van der Waals surface area contributed by atoms with E-state index in [1.54, 1.807) is 0 Å². The molecule has 1 aromatic rings. The molecule has 0 saturated heterocycles. The van der Waals surface area contributed by atoms with Crippen molar-refractivity contribution in [1.82, 2.24) is 0 Å². The lowest BCUT2D eigenvalue weighted by Gasteiger charge is -2.13. The predicted molar refractivity (Wildman–Crippen MR) is 64.2 cm³/mol. The maximum absolute atomic E-state index is 9.07. The Bertz CT molecular complexity index is 478. The van der Waals surface area contributed by atoms with Crippen molar-refractivity contribution in [2.24, 2.45) is 0 Å². The van der Waals surface area contributed by atoms with E-state index in [2.05, 4.69) is 12.1 Å². The molecule has 16 heavy (non-hydrogen) atoms. The number of halogens is 1. The van der Waals surface area contributed by atoms with Gasteiger partial charge in [0.25, 0.3) is 0 Å². The zero-order chi connectivity index (χ0) is 12.1. The van der Waals surface area contributed by atoms with Gasteiger partial charge in [0.1, 0.15) is 6.07 Å². The number of hydrogen-bond acceptors (Lipinski definition) is 2. The van der Waals surface area contributed by atoms with Crippen LogP contribution in [0.1, 0.15) is 36.1 Å². The van der Waals surface area contributed by atoms with Gasteiger partial charge in [-0.15, -0.1) is 0 Å². The van der Waals surface area contributed by atoms with Gasteiger partial charge in [-0.2, -0.15) is 10.5 Å². The molecule has 0 atom stereocenters. The standard InChI is InChI=1S/C13H13ClN2/c1-3-9-7-13(14)12(8-16)10(4-2)11(9)5-6-15/h7H,3-5H2,1-2H3. The summed E-state index contributed by atoms with van der Waals surface area (Å²) in [6, 6.07) is 6.09. The fourth-order valence-electron chi connectivity index (χ4n) is 1.93. The third-order valence-corrected chi connectivity index (χ3v) is 2.99. The Hall–Kier alpha value is -1.51. The second kappa shape index (κ2) is 5.54. The summed E-state index contributed by atoms with van der Waals surface area (Å²) in [7, 11) is 0. The SMILES string of the molecule is CCc1cc(Cl)c(C#N)c(CC)c1CC#N. The summed E-state index contributed by atoms with van der Waals surface area (Å²) in [6.45, 7) is 4.00. The third-order valence-electron chi connectivity index (χ3n) is 2.70. The van der Waals surface area contributed by atoms with Gasteiger partial charge in [0, 0.05) is 0 Å². The highest BCUT2D eigenvalue weighted by molar-refractivity contribution is 6.32. The highest BCUT2D eigenvalue weighted by Gasteiger charge is 2.14. The maximum Gasteiger partial charge on any atom is 0.101 e. The van der Waals surface area contributed by atoms with Crippen LogP contribution in [0.15, 0.2) is 6.07 Å². The zero-order valence-electron chi connectivity index (χ0n) is 9.47. The molecule has 0 unspecified atom stereocenters. The molecule has 0 bridgehead atoms. The van der Waals surface area contributed by atoms with Gasteiger partial charge in [0.05, 0.1) is 23.1 Å². The molecular weight excluding hydrogens is 220 g/mol.